The van der Waals surface area contributed by atoms with Crippen molar-refractivity contribution in [3.05, 3.63) is 29.8 Å². The summed E-state index contributed by atoms with van der Waals surface area (Å²) in [6.07, 6.45) is 0.0276. The van der Waals surface area contributed by atoms with Crippen molar-refractivity contribution in [3.8, 4) is 5.75 Å². The highest BCUT2D eigenvalue weighted by atomic mass is 16.5. The SMILES string of the molecule is COc1ccccc1C1NCC(=O)N1CCOC(C)C. The highest BCUT2D eigenvalue weighted by Gasteiger charge is 2.32. The average molecular weight is 278 g/mol. The van der Waals surface area contributed by atoms with E-state index in [-0.39, 0.29) is 18.2 Å². The van der Waals surface area contributed by atoms with Crippen molar-refractivity contribution in [3.63, 3.8) is 0 Å². The van der Waals surface area contributed by atoms with Crippen molar-refractivity contribution in [1.29, 1.82) is 0 Å². The van der Waals surface area contributed by atoms with Crippen LogP contribution in [0.1, 0.15) is 25.6 Å². The molecule has 5 nitrogen and oxygen atoms in total. The summed E-state index contributed by atoms with van der Waals surface area (Å²) in [7, 11) is 1.64. The van der Waals surface area contributed by atoms with Crippen LogP contribution in [-0.2, 0) is 9.53 Å². The molecule has 1 unspecified atom stereocenters. The molecule has 1 aromatic carbocycles. The van der Waals surface area contributed by atoms with Crippen LogP contribution in [0.15, 0.2) is 24.3 Å². The van der Waals surface area contributed by atoms with Crippen LogP contribution in [0.4, 0.5) is 0 Å². The maximum Gasteiger partial charge on any atom is 0.238 e. The highest BCUT2D eigenvalue weighted by Crippen LogP contribution is 2.29. The molecule has 1 aliphatic rings. The maximum atomic E-state index is 12.0. The normalized spacial score (nSPS) is 18.9. The molecular formula is C15H22N2O3. The van der Waals surface area contributed by atoms with Gasteiger partial charge in [-0.1, -0.05) is 18.2 Å². The van der Waals surface area contributed by atoms with Crippen LogP contribution in [0.3, 0.4) is 0 Å². The van der Waals surface area contributed by atoms with Gasteiger partial charge in [0.2, 0.25) is 5.91 Å². The molecule has 1 aromatic rings. The summed E-state index contributed by atoms with van der Waals surface area (Å²) < 4.78 is 10.9. The Kier molecular flexibility index (Phi) is 4.98. The molecule has 0 radical (unpaired) electrons. The number of nitrogens with one attached hydrogen (secondary N) is 1. The molecule has 20 heavy (non-hydrogen) atoms. The first-order valence-corrected chi connectivity index (χ1v) is 6.91. The van der Waals surface area contributed by atoms with E-state index in [2.05, 4.69) is 5.32 Å². The zero-order valence-corrected chi connectivity index (χ0v) is 12.3. The molecule has 110 valence electrons. The third-order valence-electron chi connectivity index (χ3n) is 3.30. The summed E-state index contributed by atoms with van der Waals surface area (Å²) in [6.45, 7) is 5.44. The Morgan fingerprint density at radius 1 is 1.40 bits per heavy atom. The van der Waals surface area contributed by atoms with Gasteiger partial charge in [-0.15, -0.1) is 0 Å². The van der Waals surface area contributed by atoms with Crippen LogP contribution >= 0.6 is 0 Å². The van der Waals surface area contributed by atoms with Gasteiger partial charge in [-0.25, -0.2) is 0 Å². The largest absolute Gasteiger partial charge is 0.496 e. The smallest absolute Gasteiger partial charge is 0.238 e. The van der Waals surface area contributed by atoms with E-state index in [0.717, 1.165) is 11.3 Å². The summed E-state index contributed by atoms with van der Waals surface area (Å²) in [5, 5.41) is 3.23. The number of hydrogen-bond donors (Lipinski definition) is 1. The van der Waals surface area contributed by atoms with Gasteiger partial charge in [0, 0.05) is 12.1 Å². The molecule has 1 atom stereocenters. The Labute approximate surface area is 119 Å². The van der Waals surface area contributed by atoms with Crippen molar-refractivity contribution in [2.75, 3.05) is 26.8 Å². The number of rotatable bonds is 6. The van der Waals surface area contributed by atoms with Crippen LogP contribution in [-0.4, -0.2) is 43.7 Å². The Bertz CT molecular complexity index is 462. The number of carbonyl (C=O) groups is 1. The molecule has 1 saturated heterocycles. The second-order valence-corrected chi connectivity index (χ2v) is 5.03. The van der Waals surface area contributed by atoms with E-state index in [1.807, 2.05) is 38.1 Å². The van der Waals surface area contributed by atoms with Gasteiger partial charge >= 0.3 is 0 Å². The number of methoxy groups -OCH3 is 1. The molecule has 0 aromatic heterocycles. The number of ether oxygens (including phenoxy) is 2. The van der Waals surface area contributed by atoms with E-state index in [0.29, 0.717) is 19.7 Å². The number of benzene rings is 1. The lowest BCUT2D eigenvalue weighted by molar-refractivity contribution is -0.129. The summed E-state index contributed by atoms with van der Waals surface area (Å²) >= 11 is 0. The minimum absolute atomic E-state index is 0.0910. The molecule has 2 rings (SSSR count). The number of para-hydroxylation sites is 1. The van der Waals surface area contributed by atoms with Gasteiger partial charge in [-0.05, 0) is 19.9 Å². The van der Waals surface area contributed by atoms with Gasteiger partial charge in [0.25, 0.3) is 0 Å². The van der Waals surface area contributed by atoms with Crippen molar-refractivity contribution in [1.82, 2.24) is 10.2 Å². The fraction of sp³-hybridized carbons (Fsp3) is 0.533. The summed E-state index contributed by atoms with van der Waals surface area (Å²) in [5.41, 5.74) is 0.977. The fourth-order valence-electron chi connectivity index (χ4n) is 2.35. The van der Waals surface area contributed by atoms with Crippen molar-refractivity contribution in [2.45, 2.75) is 26.1 Å². The van der Waals surface area contributed by atoms with Gasteiger partial charge in [0.15, 0.2) is 0 Å². The van der Waals surface area contributed by atoms with E-state index in [9.17, 15) is 4.79 Å². The minimum Gasteiger partial charge on any atom is -0.496 e. The summed E-state index contributed by atoms with van der Waals surface area (Å²) in [4.78, 5) is 13.8. The molecule has 0 saturated carbocycles. The van der Waals surface area contributed by atoms with E-state index in [1.165, 1.54) is 0 Å². The molecule has 1 fully saturated rings. The highest BCUT2D eigenvalue weighted by molar-refractivity contribution is 5.81. The Hall–Kier alpha value is -1.59. The second-order valence-electron chi connectivity index (χ2n) is 5.03. The average Bonchev–Trinajstić information content (AvgIpc) is 2.80. The maximum absolute atomic E-state index is 12.0. The third kappa shape index (κ3) is 3.29. The fourth-order valence-corrected chi connectivity index (χ4v) is 2.35. The first-order chi connectivity index (χ1) is 9.63. The lowest BCUT2D eigenvalue weighted by atomic mass is 10.1. The van der Waals surface area contributed by atoms with E-state index >= 15 is 0 Å². The second kappa shape index (κ2) is 6.72. The van der Waals surface area contributed by atoms with E-state index in [1.54, 1.807) is 12.0 Å². The van der Waals surface area contributed by atoms with Crippen LogP contribution in [0, 0.1) is 0 Å². The first-order valence-electron chi connectivity index (χ1n) is 6.91. The van der Waals surface area contributed by atoms with Crippen molar-refractivity contribution < 1.29 is 14.3 Å². The van der Waals surface area contributed by atoms with Gasteiger partial charge in [-0.2, -0.15) is 0 Å². The molecule has 0 spiro atoms. The number of nitrogens with zero attached hydrogens (tertiary/aromatic N) is 1. The van der Waals surface area contributed by atoms with Crippen LogP contribution in [0.2, 0.25) is 0 Å². The topological polar surface area (TPSA) is 50.8 Å². The Balaban J connectivity index is 2.11. The standard InChI is InChI=1S/C15H22N2O3/c1-11(2)20-9-8-17-14(18)10-16-15(17)12-6-4-5-7-13(12)19-3/h4-7,11,15-16H,8-10H2,1-3H3. The van der Waals surface area contributed by atoms with Crippen molar-refractivity contribution >= 4 is 5.91 Å². The number of carbonyl (C=O) groups excluding carboxylic acids is 1. The zero-order chi connectivity index (χ0) is 14.5. The van der Waals surface area contributed by atoms with E-state index < -0.39 is 0 Å². The molecule has 1 amide bonds. The Morgan fingerprint density at radius 2 is 2.15 bits per heavy atom. The molecule has 1 heterocycles. The monoisotopic (exact) mass is 278 g/mol. The molecule has 0 aliphatic carbocycles. The van der Waals surface area contributed by atoms with Crippen molar-refractivity contribution in [2.24, 2.45) is 0 Å². The van der Waals surface area contributed by atoms with Crippen LogP contribution < -0.4 is 10.1 Å². The lowest BCUT2D eigenvalue weighted by Crippen LogP contribution is -2.34. The molecule has 0 bridgehead atoms. The quantitative estimate of drug-likeness (QED) is 0.858. The van der Waals surface area contributed by atoms with Gasteiger partial charge in [-0.3, -0.25) is 10.1 Å². The minimum atomic E-state index is -0.144. The summed E-state index contributed by atoms with van der Waals surface area (Å²) in [5.74, 6) is 0.878. The number of amides is 1. The third-order valence-corrected chi connectivity index (χ3v) is 3.30. The summed E-state index contributed by atoms with van der Waals surface area (Å²) in [6, 6.07) is 7.75. The predicted octanol–water partition coefficient (Wildman–Crippen LogP) is 1.55. The van der Waals surface area contributed by atoms with Gasteiger partial charge in [0.05, 0.1) is 26.4 Å². The van der Waals surface area contributed by atoms with Crippen LogP contribution in [0.25, 0.3) is 0 Å². The lowest BCUT2D eigenvalue weighted by Gasteiger charge is -2.26. The Morgan fingerprint density at radius 3 is 2.85 bits per heavy atom. The van der Waals surface area contributed by atoms with Crippen LogP contribution in [0.5, 0.6) is 5.75 Å². The van der Waals surface area contributed by atoms with Gasteiger partial charge in [0.1, 0.15) is 11.9 Å². The van der Waals surface area contributed by atoms with Gasteiger partial charge < -0.3 is 14.4 Å². The molecule has 5 heteroatoms. The predicted molar refractivity (Wildman–Crippen MR) is 76.5 cm³/mol. The zero-order valence-electron chi connectivity index (χ0n) is 12.3. The molecular weight excluding hydrogens is 256 g/mol. The molecule has 1 aliphatic heterocycles. The number of hydrogen-bond acceptors (Lipinski definition) is 4. The van der Waals surface area contributed by atoms with E-state index in [4.69, 9.17) is 9.47 Å². The molecule has 1 N–H and O–H groups in total. The first kappa shape index (κ1) is 14.8.